The van der Waals surface area contributed by atoms with Crippen molar-refractivity contribution in [1.82, 2.24) is 10.1 Å². The largest absolute Gasteiger partial charge is 0.398 e. The second-order valence-corrected chi connectivity index (χ2v) is 4.73. The molecule has 0 bridgehead atoms. The lowest BCUT2D eigenvalue weighted by molar-refractivity contribution is 0.376. The normalized spacial score (nSPS) is 10.7. The second kappa shape index (κ2) is 5.39. The van der Waals surface area contributed by atoms with Crippen molar-refractivity contribution in [3.8, 4) is 0 Å². The van der Waals surface area contributed by atoms with Gasteiger partial charge in [-0.15, -0.1) is 11.8 Å². The second-order valence-electron chi connectivity index (χ2n) is 3.28. The lowest BCUT2D eigenvalue weighted by Gasteiger charge is -2.03. The van der Waals surface area contributed by atoms with Crippen molar-refractivity contribution >= 4 is 29.1 Å². The predicted molar refractivity (Wildman–Crippen MR) is 67.6 cm³/mol. The summed E-state index contributed by atoms with van der Waals surface area (Å²) in [7, 11) is 0. The molecule has 0 aliphatic rings. The van der Waals surface area contributed by atoms with Gasteiger partial charge in [0, 0.05) is 15.6 Å². The van der Waals surface area contributed by atoms with E-state index in [2.05, 4.69) is 10.1 Å². The standard InChI is InChI=1S/C10H11ClN4OS/c11-6-1-2-8(7(13)3-6)17-5-9-14-10(4-12)16-15-9/h1-3H,4-5,12-13H2. The molecule has 0 aliphatic heterocycles. The monoisotopic (exact) mass is 270 g/mol. The zero-order valence-electron chi connectivity index (χ0n) is 8.89. The summed E-state index contributed by atoms with van der Waals surface area (Å²) in [6.45, 7) is 0.251. The van der Waals surface area contributed by atoms with Crippen molar-refractivity contribution in [2.75, 3.05) is 5.73 Å². The van der Waals surface area contributed by atoms with Crippen molar-refractivity contribution in [3.63, 3.8) is 0 Å². The van der Waals surface area contributed by atoms with Gasteiger partial charge in [0.05, 0.1) is 12.3 Å². The van der Waals surface area contributed by atoms with Gasteiger partial charge in [0.2, 0.25) is 5.89 Å². The van der Waals surface area contributed by atoms with Crippen LogP contribution < -0.4 is 11.5 Å². The van der Waals surface area contributed by atoms with E-state index in [1.165, 1.54) is 11.8 Å². The topological polar surface area (TPSA) is 91.0 Å². The summed E-state index contributed by atoms with van der Waals surface area (Å²) < 4.78 is 4.90. The molecule has 1 aromatic carbocycles. The van der Waals surface area contributed by atoms with E-state index in [0.717, 1.165) is 4.90 Å². The fourth-order valence-corrected chi connectivity index (χ4v) is 2.20. The number of thioether (sulfide) groups is 1. The van der Waals surface area contributed by atoms with E-state index in [0.29, 0.717) is 28.2 Å². The first kappa shape index (κ1) is 12.2. The van der Waals surface area contributed by atoms with Gasteiger partial charge in [-0.1, -0.05) is 16.8 Å². The molecular weight excluding hydrogens is 260 g/mol. The van der Waals surface area contributed by atoms with E-state index in [-0.39, 0.29) is 6.54 Å². The van der Waals surface area contributed by atoms with Crippen LogP contribution in [-0.4, -0.2) is 10.1 Å². The summed E-state index contributed by atoms with van der Waals surface area (Å²) in [5.74, 6) is 1.62. The van der Waals surface area contributed by atoms with Gasteiger partial charge >= 0.3 is 0 Å². The number of aromatic nitrogens is 2. The molecule has 5 nitrogen and oxygen atoms in total. The molecule has 1 aromatic heterocycles. The molecule has 0 spiro atoms. The number of halogens is 1. The summed E-state index contributed by atoms with van der Waals surface area (Å²) in [6.07, 6.45) is 0. The highest BCUT2D eigenvalue weighted by atomic mass is 35.5. The highest BCUT2D eigenvalue weighted by Crippen LogP contribution is 2.29. The van der Waals surface area contributed by atoms with Crippen LogP contribution in [0.1, 0.15) is 11.7 Å². The van der Waals surface area contributed by atoms with E-state index in [1.807, 2.05) is 6.07 Å². The Kier molecular flexibility index (Phi) is 3.88. The third kappa shape index (κ3) is 3.12. The summed E-state index contributed by atoms with van der Waals surface area (Å²) in [5, 5.41) is 4.42. The highest BCUT2D eigenvalue weighted by Gasteiger charge is 2.07. The van der Waals surface area contributed by atoms with Gasteiger partial charge in [-0.25, -0.2) is 0 Å². The van der Waals surface area contributed by atoms with Crippen LogP contribution in [0.25, 0.3) is 0 Å². The molecule has 90 valence electrons. The van der Waals surface area contributed by atoms with Crippen LogP contribution in [-0.2, 0) is 12.3 Å². The molecule has 1 heterocycles. The number of anilines is 1. The van der Waals surface area contributed by atoms with Gasteiger partial charge in [-0.2, -0.15) is 4.98 Å². The maximum atomic E-state index is 5.83. The van der Waals surface area contributed by atoms with Crippen LogP contribution >= 0.6 is 23.4 Å². The summed E-state index contributed by atoms with van der Waals surface area (Å²) in [6, 6.07) is 5.37. The molecular formula is C10H11ClN4OS. The summed E-state index contributed by atoms with van der Waals surface area (Å²) in [5.41, 5.74) is 11.8. The molecule has 0 aliphatic carbocycles. The third-order valence-electron chi connectivity index (χ3n) is 2.01. The molecule has 0 radical (unpaired) electrons. The first-order valence-electron chi connectivity index (χ1n) is 4.88. The van der Waals surface area contributed by atoms with Gasteiger partial charge in [-0.05, 0) is 18.2 Å². The summed E-state index contributed by atoms with van der Waals surface area (Å²) >= 11 is 7.34. The van der Waals surface area contributed by atoms with Gasteiger partial charge in [0.25, 0.3) is 0 Å². The van der Waals surface area contributed by atoms with E-state index in [4.69, 9.17) is 27.6 Å². The molecule has 2 aromatic rings. The van der Waals surface area contributed by atoms with Gasteiger partial charge in [-0.3, -0.25) is 0 Å². The Morgan fingerprint density at radius 2 is 2.24 bits per heavy atom. The molecule has 2 rings (SSSR count). The fraction of sp³-hybridized carbons (Fsp3) is 0.200. The molecule has 0 saturated heterocycles. The minimum Gasteiger partial charge on any atom is -0.398 e. The Labute approximate surface area is 108 Å². The number of nitrogens with two attached hydrogens (primary N) is 2. The molecule has 0 unspecified atom stereocenters. The van der Waals surface area contributed by atoms with E-state index < -0.39 is 0 Å². The average Bonchev–Trinajstić information content (AvgIpc) is 2.76. The molecule has 0 saturated carbocycles. The maximum Gasteiger partial charge on any atom is 0.240 e. The minimum atomic E-state index is 0.251. The zero-order valence-corrected chi connectivity index (χ0v) is 10.5. The van der Waals surface area contributed by atoms with Crippen LogP contribution in [0.2, 0.25) is 5.02 Å². The van der Waals surface area contributed by atoms with Crippen molar-refractivity contribution < 1.29 is 4.52 Å². The van der Waals surface area contributed by atoms with Crippen molar-refractivity contribution in [3.05, 3.63) is 34.9 Å². The zero-order chi connectivity index (χ0) is 12.3. The number of rotatable bonds is 4. The Hall–Kier alpha value is -1.24. The molecule has 0 fully saturated rings. The predicted octanol–water partition coefficient (Wildman–Crippen LogP) is 2.06. The number of benzene rings is 1. The Bertz CT molecular complexity index is 517. The number of nitrogens with zero attached hydrogens (tertiary/aromatic N) is 2. The van der Waals surface area contributed by atoms with Gasteiger partial charge in [0.15, 0.2) is 5.82 Å². The molecule has 0 atom stereocenters. The number of hydrogen-bond acceptors (Lipinski definition) is 6. The first-order valence-corrected chi connectivity index (χ1v) is 6.24. The van der Waals surface area contributed by atoms with E-state index >= 15 is 0 Å². The van der Waals surface area contributed by atoms with Crippen LogP contribution in [0.15, 0.2) is 27.6 Å². The SMILES string of the molecule is NCc1nc(CSc2ccc(Cl)cc2N)no1. The first-order chi connectivity index (χ1) is 8.19. The molecule has 0 amide bonds. The minimum absolute atomic E-state index is 0.251. The molecule has 7 heteroatoms. The van der Waals surface area contributed by atoms with Gasteiger partial charge in [0.1, 0.15) is 0 Å². The highest BCUT2D eigenvalue weighted by molar-refractivity contribution is 7.98. The molecule has 17 heavy (non-hydrogen) atoms. The Balaban J connectivity index is 2.02. The number of nitrogen functional groups attached to an aromatic ring is 1. The van der Waals surface area contributed by atoms with Crippen molar-refractivity contribution in [2.24, 2.45) is 5.73 Å². The number of hydrogen-bond donors (Lipinski definition) is 2. The smallest absolute Gasteiger partial charge is 0.240 e. The van der Waals surface area contributed by atoms with Crippen LogP contribution in [0.4, 0.5) is 5.69 Å². The van der Waals surface area contributed by atoms with Crippen LogP contribution in [0.5, 0.6) is 0 Å². The van der Waals surface area contributed by atoms with E-state index in [1.54, 1.807) is 12.1 Å². The van der Waals surface area contributed by atoms with Crippen LogP contribution in [0, 0.1) is 0 Å². The van der Waals surface area contributed by atoms with E-state index in [9.17, 15) is 0 Å². The lowest BCUT2D eigenvalue weighted by Crippen LogP contribution is -1.96. The quantitative estimate of drug-likeness (QED) is 0.653. The van der Waals surface area contributed by atoms with Crippen LogP contribution in [0.3, 0.4) is 0 Å². The fourth-order valence-electron chi connectivity index (χ4n) is 1.22. The summed E-state index contributed by atoms with van der Waals surface area (Å²) in [4.78, 5) is 5.04. The van der Waals surface area contributed by atoms with Gasteiger partial charge < -0.3 is 16.0 Å². The van der Waals surface area contributed by atoms with Crippen molar-refractivity contribution in [1.29, 1.82) is 0 Å². The van der Waals surface area contributed by atoms with Crippen molar-refractivity contribution in [2.45, 2.75) is 17.2 Å². The third-order valence-corrected chi connectivity index (χ3v) is 3.33. The maximum absolute atomic E-state index is 5.83. The Morgan fingerprint density at radius 1 is 1.41 bits per heavy atom. The lowest BCUT2D eigenvalue weighted by atomic mass is 10.3. The average molecular weight is 271 g/mol. The molecule has 4 N–H and O–H groups in total. The Morgan fingerprint density at radius 3 is 2.88 bits per heavy atom.